The van der Waals surface area contributed by atoms with Crippen LogP contribution >= 0.6 is 0 Å². The van der Waals surface area contributed by atoms with Crippen LogP contribution in [0.5, 0.6) is 5.75 Å². The third kappa shape index (κ3) is 3.76. The number of hydrogen-bond donors (Lipinski definition) is 1. The van der Waals surface area contributed by atoms with Crippen LogP contribution in [-0.2, 0) is 4.79 Å². The Bertz CT molecular complexity index is 810. The zero-order chi connectivity index (χ0) is 16.9. The fourth-order valence-electron chi connectivity index (χ4n) is 2.31. The largest absolute Gasteiger partial charge is 0.413 e. The quantitative estimate of drug-likeness (QED) is 0.880. The lowest BCUT2D eigenvalue weighted by atomic mass is 10.1. The van der Waals surface area contributed by atoms with Crippen LogP contribution in [-0.4, -0.2) is 17.9 Å². The maximum Gasteiger partial charge on any atom is 0.413 e. The first kappa shape index (κ1) is 15.7. The molecule has 1 atom stereocenters. The van der Waals surface area contributed by atoms with Crippen molar-refractivity contribution in [2.75, 3.05) is 0 Å². The van der Waals surface area contributed by atoms with Gasteiger partial charge in [0.05, 0.1) is 6.04 Å². The SMILES string of the molecule is O=C(NC1C=CC(=O)/C1=C/c1ccc(F)cc1)Oc1ccccc1. The van der Waals surface area contributed by atoms with Gasteiger partial charge >= 0.3 is 6.09 Å². The Morgan fingerprint density at radius 1 is 1.08 bits per heavy atom. The van der Waals surface area contributed by atoms with Crippen LogP contribution in [0.1, 0.15) is 5.56 Å². The van der Waals surface area contributed by atoms with E-state index in [-0.39, 0.29) is 11.6 Å². The lowest BCUT2D eigenvalue weighted by molar-refractivity contribution is -0.111. The van der Waals surface area contributed by atoms with Crippen molar-refractivity contribution in [1.82, 2.24) is 5.32 Å². The summed E-state index contributed by atoms with van der Waals surface area (Å²) in [4.78, 5) is 23.9. The summed E-state index contributed by atoms with van der Waals surface area (Å²) in [7, 11) is 0. The van der Waals surface area contributed by atoms with Crippen molar-refractivity contribution in [2.45, 2.75) is 6.04 Å². The van der Waals surface area contributed by atoms with Crippen LogP contribution in [0, 0.1) is 5.82 Å². The minimum absolute atomic E-state index is 0.204. The predicted molar refractivity (Wildman–Crippen MR) is 87.9 cm³/mol. The lowest BCUT2D eigenvalue weighted by Gasteiger charge is -2.13. The van der Waals surface area contributed by atoms with Gasteiger partial charge in [-0.1, -0.05) is 36.4 Å². The Hall–Kier alpha value is -3.21. The monoisotopic (exact) mass is 323 g/mol. The molecule has 120 valence electrons. The summed E-state index contributed by atoms with van der Waals surface area (Å²) in [6, 6.07) is 13.8. The Morgan fingerprint density at radius 3 is 2.50 bits per heavy atom. The number of halogens is 1. The molecule has 1 N–H and O–H groups in total. The molecule has 0 bridgehead atoms. The van der Waals surface area contributed by atoms with Crippen molar-refractivity contribution in [2.24, 2.45) is 0 Å². The Kier molecular flexibility index (Phi) is 4.52. The van der Waals surface area contributed by atoms with Gasteiger partial charge in [0.25, 0.3) is 0 Å². The van der Waals surface area contributed by atoms with Gasteiger partial charge in [0.2, 0.25) is 0 Å². The normalized spacial score (nSPS) is 18.0. The average molecular weight is 323 g/mol. The summed E-state index contributed by atoms with van der Waals surface area (Å²) in [6.07, 6.45) is 3.94. The minimum atomic E-state index is -0.657. The molecule has 0 heterocycles. The second kappa shape index (κ2) is 6.91. The maximum atomic E-state index is 13.0. The van der Waals surface area contributed by atoms with Crippen LogP contribution in [0.4, 0.5) is 9.18 Å². The first-order valence-corrected chi connectivity index (χ1v) is 7.35. The van der Waals surface area contributed by atoms with E-state index >= 15 is 0 Å². The number of amides is 1. The summed E-state index contributed by atoms with van der Waals surface area (Å²) in [6.45, 7) is 0. The van der Waals surface area contributed by atoms with Crippen LogP contribution < -0.4 is 10.1 Å². The Balaban J connectivity index is 1.72. The molecule has 0 aliphatic heterocycles. The molecule has 1 aliphatic rings. The summed E-state index contributed by atoms with van der Waals surface area (Å²) in [5, 5.41) is 2.63. The molecule has 0 fully saturated rings. The second-order valence-corrected chi connectivity index (χ2v) is 5.20. The zero-order valence-electron chi connectivity index (χ0n) is 12.6. The molecule has 0 saturated carbocycles. The van der Waals surface area contributed by atoms with Crippen molar-refractivity contribution in [3.63, 3.8) is 0 Å². The number of carbonyl (C=O) groups is 2. The van der Waals surface area contributed by atoms with Gasteiger partial charge in [0.1, 0.15) is 11.6 Å². The summed E-state index contributed by atoms with van der Waals surface area (Å²) >= 11 is 0. The predicted octanol–water partition coefficient (Wildman–Crippen LogP) is 3.51. The summed E-state index contributed by atoms with van der Waals surface area (Å²) in [5.74, 6) is -0.147. The molecular formula is C19H14FNO3. The highest BCUT2D eigenvalue weighted by atomic mass is 19.1. The number of hydrogen-bond acceptors (Lipinski definition) is 3. The van der Waals surface area contributed by atoms with Gasteiger partial charge in [0.15, 0.2) is 5.78 Å². The van der Waals surface area contributed by atoms with E-state index in [4.69, 9.17) is 4.74 Å². The molecule has 0 saturated heterocycles. The van der Waals surface area contributed by atoms with E-state index in [9.17, 15) is 14.0 Å². The number of rotatable bonds is 3. The smallest absolute Gasteiger partial charge is 0.410 e. The first-order valence-electron chi connectivity index (χ1n) is 7.35. The molecule has 4 nitrogen and oxygen atoms in total. The molecule has 1 aliphatic carbocycles. The van der Waals surface area contributed by atoms with Gasteiger partial charge in [0, 0.05) is 5.57 Å². The number of para-hydroxylation sites is 1. The van der Waals surface area contributed by atoms with E-state index in [2.05, 4.69) is 5.32 Å². The summed E-state index contributed by atoms with van der Waals surface area (Å²) in [5.41, 5.74) is 1.07. The highest BCUT2D eigenvalue weighted by molar-refractivity contribution is 6.11. The lowest BCUT2D eigenvalue weighted by Crippen LogP contribution is -2.36. The van der Waals surface area contributed by atoms with Gasteiger partial charge in [-0.25, -0.2) is 9.18 Å². The molecule has 0 aromatic heterocycles. The van der Waals surface area contributed by atoms with Gasteiger partial charge < -0.3 is 10.1 Å². The fourth-order valence-corrected chi connectivity index (χ4v) is 2.31. The number of ketones is 1. The van der Waals surface area contributed by atoms with Crippen molar-refractivity contribution in [3.8, 4) is 5.75 Å². The van der Waals surface area contributed by atoms with E-state index in [1.807, 2.05) is 6.07 Å². The molecule has 24 heavy (non-hydrogen) atoms. The average Bonchev–Trinajstić information content (AvgIpc) is 2.91. The number of nitrogens with one attached hydrogen (secondary N) is 1. The van der Waals surface area contributed by atoms with Gasteiger partial charge in [-0.3, -0.25) is 4.79 Å². The van der Waals surface area contributed by atoms with Crippen LogP contribution in [0.25, 0.3) is 6.08 Å². The van der Waals surface area contributed by atoms with Gasteiger partial charge in [-0.15, -0.1) is 0 Å². The van der Waals surface area contributed by atoms with Crippen LogP contribution in [0.3, 0.4) is 0 Å². The van der Waals surface area contributed by atoms with E-state index < -0.39 is 12.1 Å². The zero-order valence-corrected chi connectivity index (χ0v) is 12.6. The van der Waals surface area contributed by atoms with Crippen LogP contribution in [0.2, 0.25) is 0 Å². The number of allylic oxidation sites excluding steroid dienone is 1. The van der Waals surface area contributed by atoms with Crippen LogP contribution in [0.15, 0.2) is 72.3 Å². The minimum Gasteiger partial charge on any atom is -0.410 e. The summed E-state index contributed by atoms with van der Waals surface area (Å²) < 4.78 is 18.1. The molecule has 5 heteroatoms. The fraction of sp³-hybridized carbons (Fsp3) is 0.0526. The molecule has 0 radical (unpaired) electrons. The molecule has 1 unspecified atom stereocenters. The third-order valence-corrected chi connectivity index (χ3v) is 3.48. The number of benzene rings is 2. The maximum absolute atomic E-state index is 13.0. The van der Waals surface area contributed by atoms with E-state index in [0.717, 1.165) is 0 Å². The van der Waals surface area contributed by atoms with Crippen molar-refractivity contribution < 1.29 is 18.7 Å². The Morgan fingerprint density at radius 2 is 1.79 bits per heavy atom. The molecular weight excluding hydrogens is 309 g/mol. The van der Waals surface area contributed by atoms with Crippen molar-refractivity contribution in [3.05, 3.63) is 83.7 Å². The van der Waals surface area contributed by atoms with Crippen molar-refractivity contribution in [1.29, 1.82) is 0 Å². The molecule has 2 aromatic carbocycles. The van der Waals surface area contributed by atoms with Gasteiger partial charge in [-0.2, -0.15) is 0 Å². The second-order valence-electron chi connectivity index (χ2n) is 5.20. The van der Waals surface area contributed by atoms with Crippen molar-refractivity contribution >= 4 is 18.0 Å². The highest BCUT2D eigenvalue weighted by Crippen LogP contribution is 2.19. The molecule has 3 rings (SSSR count). The topological polar surface area (TPSA) is 55.4 Å². The highest BCUT2D eigenvalue weighted by Gasteiger charge is 2.25. The van der Waals surface area contributed by atoms with E-state index in [1.165, 1.54) is 18.2 Å². The Labute approximate surface area is 138 Å². The van der Waals surface area contributed by atoms with E-state index in [1.54, 1.807) is 48.6 Å². The number of carbonyl (C=O) groups excluding carboxylic acids is 2. The number of ether oxygens (including phenoxy) is 1. The standard InChI is InChI=1S/C19H14FNO3/c20-14-8-6-13(7-9-14)12-16-17(10-11-18(16)22)21-19(23)24-15-4-2-1-3-5-15/h1-12,17H,(H,21,23)/b16-12+. The molecule has 1 amide bonds. The molecule has 0 spiro atoms. The molecule has 2 aromatic rings. The van der Waals surface area contributed by atoms with E-state index in [0.29, 0.717) is 16.9 Å². The third-order valence-electron chi connectivity index (χ3n) is 3.48. The van der Waals surface area contributed by atoms with Gasteiger partial charge in [-0.05, 0) is 42.0 Å². The first-order chi connectivity index (χ1) is 11.6.